The number of methoxy groups -OCH3 is 1. The lowest BCUT2D eigenvalue weighted by Gasteiger charge is -2.28. The molecule has 2 aromatic carbocycles. The quantitative estimate of drug-likeness (QED) is 0.0763. The highest BCUT2D eigenvalue weighted by molar-refractivity contribution is 14.1. The Bertz CT molecular complexity index is 1270. The summed E-state index contributed by atoms with van der Waals surface area (Å²) in [5.74, 6) is 0.537. The number of phenolic OH excluding ortho intramolecular Hbond substituents is 1. The molecule has 3 rings (SSSR count). The first-order chi connectivity index (χ1) is 18.7. The van der Waals surface area contributed by atoms with Gasteiger partial charge in [0, 0.05) is 5.70 Å². The van der Waals surface area contributed by atoms with E-state index in [4.69, 9.17) is 18.9 Å². The van der Waals surface area contributed by atoms with E-state index in [0.29, 0.717) is 50.9 Å². The number of ether oxygens (including phenoxy) is 4. The summed E-state index contributed by atoms with van der Waals surface area (Å²) in [6.45, 7) is 5.81. The Labute approximate surface area is 239 Å². The molecule has 0 aromatic heterocycles. The molecule has 210 valence electrons. The van der Waals surface area contributed by atoms with Gasteiger partial charge in [0.1, 0.15) is 6.61 Å². The molecule has 2 aromatic rings. The summed E-state index contributed by atoms with van der Waals surface area (Å²) < 4.78 is 22.4. The number of aliphatic hydroxyl groups excluding tert-OH is 1. The van der Waals surface area contributed by atoms with Crippen molar-refractivity contribution < 1.29 is 38.7 Å². The number of esters is 1. The van der Waals surface area contributed by atoms with Gasteiger partial charge in [-0.1, -0.05) is 6.07 Å². The van der Waals surface area contributed by atoms with Crippen LogP contribution in [0.25, 0.3) is 0 Å². The molecule has 1 aliphatic rings. The highest BCUT2D eigenvalue weighted by atomic mass is 127. The van der Waals surface area contributed by atoms with Crippen molar-refractivity contribution in [3.63, 3.8) is 0 Å². The molecule has 2 atom stereocenters. The minimum absolute atomic E-state index is 0.0577. The Morgan fingerprint density at radius 3 is 2.56 bits per heavy atom. The Morgan fingerprint density at radius 1 is 1.15 bits per heavy atom. The molecule has 0 fully saturated rings. The summed E-state index contributed by atoms with van der Waals surface area (Å²) >= 11 is 1.99. The number of carbonyl (C=O) groups is 2. The molecule has 5 N–H and O–H groups in total. The lowest BCUT2D eigenvalue weighted by molar-refractivity contribution is -0.136. The number of rotatable bonds is 12. The summed E-state index contributed by atoms with van der Waals surface area (Å²) in [6, 6.07) is 7.12. The van der Waals surface area contributed by atoms with Crippen LogP contribution >= 0.6 is 22.6 Å². The molecule has 0 saturated heterocycles. The van der Waals surface area contributed by atoms with Crippen LogP contribution in [-0.2, 0) is 9.53 Å². The Hall–Kier alpha value is -3.72. The van der Waals surface area contributed by atoms with E-state index in [0.717, 1.165) is 0 Å². The van der Waals surface area contributed by atoms with Gasteiger partial charge in [-0.2, -0.15) is 5.10 Å². The maximum Gasteiger partial charge on any atom is 0.337 e. The van der Waals surface area contributed by atoms with Crippen LogP contribution in [0, 0.1) is 3.57 Å². The van der Waals surface area contributed by atoms with Crippen molar-refractivity contribution >= 4 is 40.8 Å². The van der Waals surface area contributed by atoms with E-state index in [1.165, 1.54) is 13.3 Å². The normalized spacial score (nSPS) is 15.8. The fourth-order valence-corrected chi connectivity index (χ4v) is 4.38. The molecule has 13 heteroatoms. The van der Waals surface area contributed by atoms with Gasteiger partial charge in [-0.25, -0.2) is 9.59 Å². The van der Waals surface area contributed by atoms with Gasteiger partial charge in [-0.3, -0.25) is 5.43 Å². The standard InChI is InChI=1S/C26H31IN4O8/c1-5-37-19-11-16(23-22(25(34)36-4)14(3)29-26(35)30-23)7-8-18(19)39-13-21(32)31-28-12-15-9-17(27)24(33)20(10-15)38-6-2/h7-12,21,23,31-33H,5-6,13H2,1-4H3,(H2,29,30,35)/b28-12+/t21-,23+/m0/s1. The second-order valence-corrected chi connectivity index (χ2v) is 9.36. The number of hydrogen-bond donors (Lipinski definition) is 5. The molecule has 2 amide bonds. The molecule has 0 radical (unpaired) electrons. The summed E-state index contributed by atoms with van der Waals surface area (Å²) in [6.07, 6.45) is 0.327. The molecule has 0 saturated carbocycles. The number of aromatic hydroxyl groups is 1. The molecule has 0 bridgehead atoms. The van der Waals surface area contributed by atoms with Crippen molar-refractivity contribution in [1.82, 2.24) is 16.1 Å². The van der Waals surface area contributed by atoms with Gasteiger partial charge in [-0.15, -0.1) is 0 Å². The summed E-state index contributed by atoms with van der Waals surface area (Å²) in [5, 5.41) is 29.7. The second kappa shape index (κ2) is 13.9. The minimum Gasteiger partial charge on any atom is -0.504 e. The Kier molecular flexibility index (Phi) is 10.6. The van der Waals surface area contributed by atoms with Crippen LogP contribution in [0.1, 0.15) is 37.9 Å². The van der Waals surface area contributed by atoms with Crippen LogP contribution < -0.4 is 30.3 Å². The molecular weight excluding hydrogens is 623 g/mol. The zero-order valence-corrected chi connectivity index (χ0v) is 24.1. The third-order valence-corrected chi connectivity index (χ3v) is 6.28. The van der Waals surface area contributed by atoms with Gasteiger partial charge in [-0.05, 0) is 78.8 Å². The summed E-state index contributed by atoms with van der Waals surface area (Å²) in [4.78, 5) is 24.5. The van der Waals surface area contributed by atoms with Gasteiger partial charge >= 0.3 is 12.0 Å². The molecule has 1 heterocycles. The third kappa shape index (κ3) is 7.66. The van der Waals surface area contributed by atoms with E-state index in [1.54, 1.807) is 44.2 Å². The zero-order valence-electron chi connectivity index (χ0n) is 21.9. The molecule has 39 heavy (non-hydrogen) atoms. The topological polar surface area (TPSA) is 160 Å². The van der Waals surface area contributed by atoms with Crippen molar-refractivity contribution in [3.05, 3.63) is 56.3 Å². The van der Waals surface area contributed by atoms with E-state index < -0.39 is 24.3 Å². The molecule has 0 unspecified atom stereocenters. The van der Waals surface area contributed by atoms with E-state index >= 15 is 0 Å². The summed E-state index contributed by atoms with van der Waals surface area (Å²) in [7, 11) is 1.27. The first-order valence-corrected chi connectivity index (χ1v) is 13.1. The number of urea groups is 1. The molecule has 0 spiro atoms. The highest BCUT2D eigenvalue weighted by Gasteiger charge is 2.32. The summed E-state index contributed by atoms with van der Waals surface area (Å²) in [5.41, 5.74) is 4.48. The number of hydrazone groups is 1. The number of carbonyl (C=O) groups excluding carboxylic acids is 2. The number of nitrogens with one attached hydrogen (secondary N) is 3. The maximum atomic E-state index is 12.4. The predicted molar refractivity (Wildman–Crippen MR) is 151 cm³/mol. The van der Waals surface area contributed by atoms with Crippen LogP contribution in [0.2, 0.25) is 0 Å². The number of benzene rings is 2. The average Bonchev–Trinajstić information content (AvgIpc) is 2.90. The Balaban J connectivity index is 1.70. The fourth-order valence-electron chi connectivity index (χ4n) is 3.75. The first-order valence-electron chi connectivity index (χ1n) is 12.1. The lowest BCUT2D eigenvalue weighted by atomic mass is 9.95. The van der Waals surface area contributed by atoms with Crippen molar-refractivity contribution in [2.45, 2.75) is 33.0 Å². The van der Waals surface area contributed by atoms with Gasteiger partial charge in [0.05, 0.1) is 41.7 Å². The van der Waals surface area contributed by atoms with Crippen molar-refractivity contribution in [2.24, 2.45) is 5.10 Å². The number of allylic oxidation sites excluding steroid dienone is 1. The number of aliphatic hydroxyl groups is 1. The average molecular weight is 654 g/mol. The van der Waals surface area contributed by atoms with Crippen molar-refractivity contribution in [3.8, 4) is 23.0 Å². The van der Waals surface area contributed by atoms with Crippen molar-refractivity contribution in [1.29, 1.82) is 0 Å². The van der Waals surface area contributed by atoms with E-state index in [1.807, 2.05) is 29.5 Å². The van der Waals surface area contributed by atoms with Crippen LogP contribution in [0.15, 0.2) is 46.7 Å². The second-order valence-electron chi connectivity index (χ2n) is 8.20. The van der Waals surface area contributed by atoms with Gasteiger partial charge in [0.2, 0.25) is 0 Å². The van der Waals surface area contributed by atoms with E-state index in [9.17, 15) is 19.8 Å². The zero-order chi connectivity index (χ0) is 28.5. The molecular formula is C26H31IN4O8. The maximum absolute atomic E-state index is 12.4. The number of amides is 2. The first kappa shape index (κ1) is 29.8. The van der Waals surface area contributed by atoms with Crippen molar-refractivity contribution in [2.75, 3.05) is 26.9 Å². The van der Waals surface area contributed by atoms with Gasteiger partial charge in [0.15, 0.2) is 29.2 Å². The molecule has 12 nitrogen and oxygen atoms in total. The third-order valence-electron chi connectivity index (χ3n) is 5.46. The number of hydrogen-bond acceptors (Lipinski definition) is 10. The smallest absolute Gasteiger partial charge is 0.337 e. The monoisotopic (exact) mass is 654 g/mol. The van der Waals surface area contributed by atoms with Crippen LogP contribution in [0.3, 0.4) is 0 Å². The Morgan fingerprint density at radius 2 is 1.87 bits per heavy atom. The van der Waals surface area contributed by atoms with Crippen LogP contribution in [0.4, 0.5) is 4.79 Å². The van der Waals surface area contributed by atoms with E-state index in [-0.39, 0.29) is 17.9 Å². The SMILES string of the molecule is CCOc1cc([C@H]2NC(=O)NC(C)=C2C(=O)OC)ccc1OC[C@H](O)N/N=C/c1cc(I)c(O)c(OCC)c1. The molecule has 1 aliphatic heterocycles. The number of nitrogens with zero attached hydrogens (tertiary/aromatic N) is 1. The van der Waals surface area contributed by atoms with E-state index in [2.05, 4.69) is 21.2 Å². The van der Waals surface area contributed by atoms with Gasteiger partial charge in [0.25, 0.3) is 0 Å². The van der Waals surface area contributed by atoms with Gasteiger partial charge < -0.3 is 39.8 Å². The number of phenols is 1. The lowest BCUT2D eigenvalue weighted by Crippen LogP contribution is -2.45. The fraction of sp³-hybridized carbons (Fsp3) is 0.346. The van der Waals surface area contributed by atoms with Crippen LogP contribution in [0.5, 0.6) is 23.0 Å². The minimum atomic E-state index is -1.15. The predicted octanol–water partition coefficient (Wildman–Crippen LogP) is 2.92. The highest BCUT2D eigenvalue weighted by Crippen LogP contribution is 2.35. The van der Waals surface area contributed by atoms with Crippen LogP contribution in [-0.4, -0.2) is 61.6 Å². The number of halogens is 1. The molecule has 0 aliphatic carbocycles. The largest absolute Gasteiger partial charge is 0.504 e.